The molecule has 100 valence electrons. The van der Waals surface area contributed by atoms with Crippen molar-refractivity contribution in [3.05, 3.63) is 36.8 Å². The van der Waals surface area contributed by atoms with E-state index in [2.05, 4.69) is 24.8 Å². The van der Waals surface area contributed by atoms with Crippen molar-refractivity contribution in [3.8, 4) is 5.88 Å². The molecule has 0 spiro atoms. The summed E-state index contributed by atoms with van der Waals surface area (Å²) in [6, 6.07) is 0. The third kappa shape index (κ3) is 3.29. The molecule has 0 saturated carbocycles. The van der Waals surface area contributed by atoms with E-state index in [-0.39, 0.29) is 6.10 Å². The Labute approximate surface area is 111 Å². The molecule has 3 heterocycles. The smallest absolute Gasteiger partial charge is 0.232 e. The van der Waals surface area contributed by atoms with Crippen molar-refractivity contribution < 1.29 is 4.74 Å². The highest BCUT2D eigenvalue weighted by atomic mass is 16.5. The topological polar surface area (TPSA) is 66.9 Å². The van der Waals surface area contributed by atoms with Crippen molar-refractivity contribution in [2.24, 2.45) is 0 Å². The SMILES string of the molecule is c1cnc(OC2CCN(Cc3ncc[nH]3)CC2)cn1. The largest absolute Gasteiger partial charge is 0.473 e. The number of imidazole rings is 1. The molecule has 0 unspecified atom stereocenters. The maximum atomic E-state index is 5.82. The van der Waals surface area contributed by atoms with Crippen LogP contribution in [0, 0.1) is 0 Å². The average molecular weight is 259 g/mol. The fourth-order valence-electron chi connectivity index (χ4n) is 2.30. The molecule has 1 aliphatic heterocycles. The summed E-state index contributed by atoms with van der Waals surface area (Å²) in [7, 11) is 0. The quantitative estimate of drug-likeness (QED) is 0.895. The molecular weight excluding hydrogens is 242 g/mol. The van der Waals surface area contributed by atoms with Crippen LogP contribution in [0.15, 0.2) is 31.0 Å². The first-order valence-electron chi connectivity index (χ1n) is 6.53. The van der Waals surface area contributed by atoms with E-state index in [0.29, 0.717) is 5.88 Å². The molecular formula is C13H17N5O. The molecule has 1 aliphatic rings. The van der Waals surface area contributed by atoms with Crippen LogP contribution in [0.25, 0.3) is 0 Å². The number of hydrogen-bond donors (Lipinski definition) is 1. The van der Waals surface area contributed by atoms with Crippen LogP contribution < -0.4 is 4.74 Å². The van der Waals surface area contributed by atoms with E-state index in [0.717, 1.165) is 38.3 Å². The van der Waals surface area contributed by atoms with E-state index >= 15 is 0 Å². The minimum absolute atomic E-state index is 0.240. The molecule has 0 amide bonds. The Bertz CT molecular complexity index is 479. The Morgan fingerprint density at radius 3 is 2.79 bits per heavy atom. The molecule has 1 fully saturated rings. The van der Waals surface area contributed by atoms with Crippen molar-refractivity contribution in [3.63, 3.8) is 0 Å². The van der Waals surface area contributed by atoms with Gasteiger partial charge in [-0.05, 0) is 12.8 Å². The van der Waals surface area contributed by atoms with Gasteiger partial charge >= 0.3 is 0 Å². The average Bonchev–Trinajstić information content (AvgIpc) is 2.95. The Morgan fingerprint density at radius 1 is 1.21 bits per heavy atom. The van der Waals surface area contributed by atoms with E-state index in [4.69, 9.17) is 4.74 Å². The number of aromatic amines is 1. The van der Waals surface area contributed by atoms with Gasteiger partial charge in [-0.1, -0.05) is 0 Å². The fraction of sp³-hybridized carbons (Fsp3) is 0.462. The van der Waals surface area contributed by atoms with Crippen LogP contribution in [0.1, 0.15) is 18.7 Å². The maximum absolute atomic E-state index is 5.82. The summed E-state index contributed by atoms with van der Waals surface area (Å²) in [5.74, 6) is 1.64. The van der Waals surface area contributed by atoms with Crippen LogP contribution in [-0.4, -0.2) is 44.0 Å². The van der Waals surface area contributed by atoms with Crippen molar-refractivity contribution in [1.29, 1.82) is 0 Å². The van der Waals surface area contributed by atoms with Gasteiger partial charge in [0.15, 0.2) is 0 Å². The highest BCUT2D eigenvalue weighted by molar-refractivity contribution is 5.02. The summed E-state index contributed by atoms with van der Waals surface area (Å²) in [5.41, 5.74) is 0. The Kier molecular flexibility index (Phi) is 3.69. The van der Waals surface area contributed by atoms with Crippen molar-refractivity contribution in [2.75, 3.05) is 13.1 Å². The van der Waals surface area contributed by atoms with Crippen molar-refractivity contribution in [1.82, 2.24) is 24.8 Å². The summed E-state index contributed by atoms with van der Waals surface area (Å²) in [5, 5.41) is 0. The number of nitrogens with zero attached hydrogens (tertiary/aromatic N) is 4. The van der Waals surface area contributed by atoms with Gasteiger partial charge in [-0.3, -0.25) is 9.88 Å². The van der Waals surface area contributed by atoms with Gasteiger partial charge in [-0.15, -0.1) is 0 Å². The van der Waals surface area contributed by atoms with Crippen LogP contribution in [0.2, 0.25) is 0 Å². The van der Waals surface area contributed by atoms with Crippen LogP contribution in [0.5, 0.6) is 5.88 Å². The van der Waals surface area contributed by atoms with Crippen LogP contribution in [-0.2, 0) is 6.54 Å². The van der Waals surface area contributed by atoms with Gasteiger partial charge in [0.25, 0.3) is 0 Å². The Balaban J connectivity index is 1.47. The summed E-state index contributed by atoms with van der Waals surface area (Å²) in [6.45, 7) is 2.92. The van der Waals surface area contributed by atoms with Gasteiger partial charge in [0.05, 0.1) is 12.7 Å². The van der Waals surface area contributed by atoms with E-state index < -0.39 is 0 Å². The van der Waals surface area contributed by atoms with E-state index in [1.54, 1.807) is 24.8 Å². The van der Waals surface area contributed by atoms with Crippen LogP contribution in [0.3, 0.4) is 0 Å². The van der Waals surface area contributed by atoms with Crippen molar-refractivity contribution >= 4 is 0 Å². The molecule has 2 aromatic rings. The second-order valence-electron chi connectivity index (χ2n) is 4.67. The lowest BCUT2D eigenvalue weighted by Gasteiger charge is -2.31. The number of hydrogen-bond acceptors (Lipinski definition) is 5. The minimum Gasteiger partial charge on any atom is -0.473 e. The third-order valence-corrected chi connectivity index (χ3v) is 3.29. The molecule has 0 radical (unpaired) electrons. The Hall–Kier alpha value is -1.95. The lowest BCUT2D eigenvalue weighted by Crippen LogP contribution is -2.38. The fourth-order valence-corrected chi connectivity index (χ4v) is 2.30. The molecule has 3 rings (SSSR count). The summed E-state index contributed by atoms with van der Waals surface area (Å²) in [4.78, 5) is 17.9. The van der Waals surface area contributed by atoms with Gasteiger partial charge in [-0.2, -0.15) is 0 Å². The van der Waals surface area contributed by atoms with E-state index in [9.17, 15) is 0 Å². The monoisotopic (exact) mass is 259 g/mol. The minimum atomic E-state index is 0.240. The lowest BCUT2D eigenvalue weighted by atomic mass is 10.1. The van der Waals surface area contributed by atoms with Crippen molar-refractivity contribution in [2.45, 2.75) is 25.5 Å². The zero-order valence-corrected chi connectivity index (χ0v) is 10.7. The predicted octanol–water partition coefficient (Wildman–Crippen LogP) is 1.24. The van der Waals surface area contributed by atoms with Crippen LogP contribution in [0.4, 0.5) is 0 Å². The van der Waals surface area contributed by atoms with Crippen LogP contribution >= 0.6 is 0 Å². The molecule has 1 N–H and O–H groups in total. The number of rotatable bonds is 4. The van der Waals surface area contributed by atoms with Gasteiger partial charge < -0.3 is 9.72 Å². The molecule has 0 aliphatic carbocycles. The predicted molar refractivity (Wildman–Crippen MR) is 69.5 cm³/mol. The summed E-state index contributed by atoms with van der Waals surface area (Å²) >= 11 is 0. The normalized spacial score (nSPS) is 17.5. The molecule has 19 heavy (non-hydrogen) atoms. The number of ether oxygens (including phenoxy) is 1. The van der Waals surface area contributed by atoms with E-state index in [1.165, 1.54) is 0 Å². The molecule has 0 atom stereocenters. The Morgan fingerprint density at radius 2 is 2.11 bits per heavy atom. The molecule has 1 saturated heterocycles. The molecule has 0 aromatic carbocycles. The standard InChI is InChI=1S/C13H17N5O/c1-7-18(10-12-15-5-6-16-12)8-2-11(1)19-13-9-14-3-4-17-13/h3-6,9,11H,1-2,7-8,10H2,(H,15,16). The highest BCUT2D eigenvalue weighted by Gasteiger charge is 2.21. The van der Waals surface area contributed by atoms with Gasteiger partial charge in [-0.25, -0.2) is 9.97 Å². The second-order valence-corrected chi connectivity index (χ2v) is 4.67. The van der Waals surface area contributed by atoms with Gasteiger partial charge in [0.1, 0.15) is 11.9 Å². The second kappa shape index (κ2) is 5.79. The number of piperidine rings is 1. The number of H-pyrrole nitrogens is 1. The summed E-state index contributed by atoms with van der Waals surface area (Å²) < 4.78 is 5.82. The zero-order valence-electron chi connectivity index (χ0n) is 10.7. The van der Waals surface area contributed by atoms with Gasteiger partial charge in [0, 0.05) is 37.9 Å². The maximum Gasteiger partial charge on any atom is 0.232 e. The summed E-state index contributed by atoms with van der Waals surface area (Å²) in [6.07, 6.45) is 10.9. The molecule has 2 aromatic heterocycles. The lowest BCUT2D eigenvalue weighted by molar-refractivity contribution is 0.0916. The first-order valence-corrected chi connectivity index (χ1v) is 6.53. The van der Waals surface area contributed by atoms with Gasteiger partial charge in [0.2, 0.25) is 5.88 Å². The third-order valence-electron chi connectivity index (χ3n) is 3.29. The number of likely N-dealkylation sites (tertiary alicyclic amines) is 1. The molecule has 6 nitrogen and oxygen atoms in total. The number of aromatic nitrogens is 4. The zero-order chi connectivity index (χ0) is 12.9. The highest BCUT2D eigenvalue weighted by Crippen LogP contribution is 2.17. The molecule has 0 bridgehead atoms. The number of nitrogens with one attached hydrogen (secondary N) is 1. The first kappa shape index (κ1) is 12.1. The first-order chi connectivity index (χ1) is 9.40. The van der Waals surface area contributed by atoms with E-state index in [1.807, 2.05) is 6.20 Å². The molecule has 6 heteroatoms.